The van der Waals surface area contributed by atoms with E-state index < -0.39 is 0 Å². The van der Waals surface area contributed by atoms with Gasteiger partial charge in [-0.2, -0.15) is 0 Å². The Labute approximate surface area is 123 Å². The summed E-state index contributed by atoms with van der Waals surface area (Å²) in [4.78, 5) is 14.1. The van der Waals surface area contributed by atoms with Gasteiger partial charge in [0.15, 0.2) is 0 Å². The lowest BCUT2D eigenvalue weighted by Crippen LogP contribution is -2.36. The summed E-state index contributed by atoms with van der Waals surface area (Å²) in [6.07, 6.45) is 1.26. The number of nitrogens with two attached hydrogens (primary N) is 1. The minimum absolute atomic E-state index is 0.0746. The molecule has 1 aromatic rings. The molecule has 2 N–H and O–H groups in total. The monoisotopic (exact) mass is 276 g/mol. The zero-order valence-electron chi connectivity index (χ0n) is 13.4. The van der Waals surface area contributed by atoms with Crippen LogP contribution in [0.1, 0.15) is 52.1 Å². The zero-order chi connectivity index (χ0) is 15.3. The molecule has 1 aromatic carbocycles. The summed E-state index contributed by atoms with van der Waals surface area (Å²) in [5.41, 5.74) is 7.39. The third kappa shape index (κ3) is 5.33. The van der Waals surface area contributed by atoms with Crippen LogP contribution in [-0.2, 0) is 4.79 Å². The summed E-state index contributed by atoms with van der Waals surface area (Å²) < 4.78 is 0. The molecule has 3 heteroatoms. The Morgan fingerprint density at radius 1 is 1.25 bits per heavy atom. The second-order valence-corrected chi connectivity index (χ2v) is 6.82. The first-order valence-electron chi connectivity index (χ1n) is 7.27. The number of hydrogen-bond acceptors (Lipinski definition) is 2. The van der Waals surface area contributed by atoms with Gasteiger partial charge in [-0.3, -0.25) is 4.79 Å². The predicted octanol–water partition coefficient (Wildman–Crippen LogP) is 3.36. The van der Waals surface area contributed by atoms with E-state index in [-0.39, 0.29) is 23.4 Å². The average molecular weight is 276 g/mol. The molecule has 20 heavy (non-hydrogen) atoms. The third-order valence-corrected chi connectivity index (χ3v) is 3.57. The Kier molecular flexibility index (Phi) is 5.75. The van der Waals surface area contributed by atoms with E-state index in [1.165, 1.54) is 0 Å². The summed E-state index contributed by atoms with van der Waals surface area (Å²) in [5.74, 6) is 0.109. The Morgan fingerprint density at radius 2 is 1.80 bits per heavy atom. The van der Waals surface area contributed by atoms with Gasteiger partial charge in [-0.25, -0.2) is 0 Å². The second-order valence-electron chi connectivity index (χ2n) is 6.82. The van der Waals surface area contributed by atoms with Crippen molar-refractivity contribution in [3.63, 3.8) is 0 Å². The summed E-state index contributed by atoms with van der Waals surface area (Å²) in [5, 5.41) is 0. The standard InChI is InChI=1S/C17H28N2O/c1-13(14-9-7-6-8-10-14)19(5)16(20)11-15(18)12-17(2,3)4/h6-10,13,15H,11-12,18H2,1-5H3. The lowest BCUT2D eigenvalue weighted by Gasteiger charge is -2.28. The van der Waals surface area contributed by atoms with Gasteiger partial charge in [0.2, 0.25) is 5.91 Å². The van der Waals surface area contributed by atoms with Gasteiger partial charge in [0.25, 0.3) is 0 Å². The van der Waals surface area contributed by atoms with Crippen LogP contribution < -0.4 is 5.73 Å². The number of nitrogens with zero attached hydrogens (tertiary/aromatic N) is 1. The SMILES string of the molecule is CC(c1ccccc1)N(C)C(=O)CC(N)CC(C)(C)C. The summed E-state index contributed by atoms with van der Waals surface area (Å²) in [6.45, 7) is 8.48. The largest absolute Gasteiger partial charge is 0.339 e. The van der Waals surface area contributed by atoms with Gasteiger partial charge < -0.3 is 10.6 Å². The van der Waals surface area contributed by atoms with E-state index in [4.69, 9.17) is 5.73 Å². The molecule has 0 fully saturated rings. The van der Waals surface area contributed by atoms with Gasteiger partial charge in [0.05, 0.1) is 6.04 Å². The van der Waals surface area contributed by atoms with E-state index in [9.17, 15) is 4.79 Å². The van der Waals surface area contributed by atoms with E-state index >= 15 is 0 Å². The van der Waals surface area contributed by atoms with E-state index in [1.807, 2.05) is 44.3 Å². The molecule has 3 nitrogen and oxygen atoms in total. The van der Waals surface area contributed by atoms with E-state index in [2.05, 4.69) is 20.8 Å². The zero-order valence-corrected chi connectivity index (χ0v) is 13.4. The van der Waals surface area contributed by atoms with Crippen LogP contribution in [0.15, 0.2) is 30.3 Å². The Bertz CT molecular complexity index is 422. The van der Waals surface area contributed by atoms with Crippen molar-refractivity contribution in [2.45, 2.75) is 52.6 Å². The Balaban J connectivity index is 2.59. The average Bonchev–Trinajstić information content (AvgIpc) is 2.35. The third-order valence-electron chi connectivity index (χ3n) is 3.57. The fourth-order valence-electron chi connectivity index (χ4n) is 2.40. The molecule has 1 amide bonds. The molecule has 2 unspecified atom stereocenters. The molecule has 0 aliphatic heterocycles. The van der Waals surface area contributed by atoms with Gasteiger partial charge in [0.1, 0.15) is 0 Å². The fraction of sp³-hybridized carbons (Fsp3) is 0.588. The summed E-state index contributed by atoms with van der Waals surface area (Å²) in [6, 6.07) is 10.1. The number of carbonyl (C=O) groups excluding carboxylic acids is 1. The Morgan fingerprint density at radius 3 is 2.30 bits per heavy atom. The maximum Gasteiger partial charge on any atom is 0.224 e. The number of rotatable bonds is 5. The van der Waals surface area contributed by atoms with E-state index in [0.717, 1.165) is 12.0 Å². The molecule has 0 aliphatic carbocycles. The molecule has 0 radical (unpaired) electrons. The molecule has 112 valence electrons. The van der Waals surface area contributed by atoms with Gasteiger partial charge in [-0.05, 0) is 24.3 Å². The van der Waals surface area contributed by atoms with Gasteiger partial charge in [-0.1, -0.05) is 51.1 Å². The minimum Gasteiger partial charge on any atom is -0.339 e. The first-order chi connectivity index (χ1) is 9.20. The quantitative estimate of drug-likeness (QED) is 0.896. The molecule has 0 heterocycles. The Hall–Kier alpha value is -1.35. The predicted molar refractivity (Wildman–Crippen MR) is 84.3 cm³/mol. The second kappa shape index (κ2) is 6.89. The van der Waals surface area contributed by atoms with Crippen LogP contribution in [0, 0.1) is 5.41 Å². The number of benzene rings is 1. The van der Waals surface area contributed by atoms with E-state index in [1.54, 1.807) is 4.90 Å². The highest BCUT2D eigenvalue weighted by Gasteiger charge is 2.22. The van der Waals surface area contributed by atoms with Crippen molar-refractivity contribution in [1.82, 2.24) is 4.90 Å². The minimum atomic E-state index is -0.0760. The normalized spacial score (nSPS) is 14.7. The van der Waals surface area contributed by atoms with E-state index in [0.29, 0.717) is 6.42 Å². The van der Waals surface area contributed by atoms with Crippen molar-refractivity contribution in [3.8, 4) is 0 Å². The highest BCUT2D eigenvalue weighted by Crippen LogP contribution is 2.23. The lowest BCUT2D eigenvalue weighted by molar-refractivity contribution is -0.132. The van der Waals surface area contributed by atoms with Crippen molar-refractivity contribution in [2.24, 2.45) is 11.1 Å². The van der Waals surface area contributed by atoms with Crippen LogP contribution >= 0.6 is 0 Å². The van der Waals surface area contributed by atoms with Crippen LogP contribution in [0.2, 0.25) is 0 Å². The molecule has 0 bridgehead atoms. The van der Waals surface area contributed by atoms with Crippen molar-refractivity contribution >= 4 is 5.91 Å². The molecular formula is C17H28N2O. The van der Waals surface area contributed by atoms with Crippen LogP contribution in [0.4, 0.5) is 0 Å². The van der Waals surface area contributed by atoms with Gasteiger partial charge in [0, 0.05) is 19.5 Å². The van der Waals surface area contributed by atoms with Gasteiger partial charge >= 0.3 is 0 Å². The molecular weight excluding hydrogens is 248 g/mol. The maximum absolute atomic E-state index is 12.3. The molecule has 0 saturated heterocycles. The van der Waals surface area contributed by atoms with Crippen molar-refractivity contribution in [3.05, 3.63) is 35.9 Å². The molecule has 2 atom stereocenters. The smallest absolute Gasteiger partial charge is 0.224 e. The lowest BCUT2D eigenvalue weighted by atomic mass is 9.87. The first-order valence-corrected chi connectivity index (χ1v) is 7.27. The van der Waals surface area contributed by atoms with Crippen LogP contribution in [0.3, 0.4) is 0 Å². The van der Waals surface area contributed by atoms with Crippen LogP contribution in [-0.4, -0.2) is 23.9 Å². The number of amides is 1. The highest BCUT2D eigenvalue weighted by atomic mass is 16.2. The topological polar surface area (TPSA) is 46.3 Å². The first kappa shape index (κ1) is 16.7. The number of hydrogen-bond donors (Lipinski definition) is 1. The molecule has 1 rings (SSSR count). The van der Waals surface area contributed by atoms with Crippen LogP contribution in [0.5, 0.6) is 0 Å². The highest BCUT2D eigenvalue weighted by molar-refractivity contribution is 5.77. The number of carbonyl (C=O) groups is 1. The molecule has 0 saturated carbocycles. The van der Waals surface area contributed by atoms with Crippen molar-refractivity contribution < 1.29 is 4.79 Å². The maximum atomic E-state index is 12.3. The van der Waals surface area contributed by atoms with Gasteiger partial charge in [-0.15, -0.1) is 0 Å². The van der Waals surface area contributed by atoms with Crippen molar-refractivity contribution in [2.75, 3.05) is 7.05 Å². The molecule has 0 aliphatic rings. The van der Waals surface area contributed by atoms with Crippen LogP contribution in [0.25, 0.3) is 0 Å². The molecule has 0 spiro atoms. The fourth-order valence-corrected chi connectivity index (χ4v) is 2.40. The molecule has 0 aromatic heterocycles. The summed E-state index contributed by atoms with van der Waals surface area (Å²) >= 11 is 0. The summed E-state index contributed by atoms with van der Waals surface area (Å²) in [7, 11) is 1.85. The van der Waals surface area contributed by atoms with Crippen molar-refractivity contribution in [1.29, 1.82) is 0 Å².